The van der Waals surface area contributed by atoms with Crippen molar-refractivity contribution in [2.45, 2.75) is 5.41 Å². The van der Waals surface area contributed by atoms with Crippen LogP contribution in [0.15, 0.2) is 194 Å². The van der Waals surface area contributed by atoms with Gasteiger partial charge in [-0.2, -0.15) is 0 Å². The summed E-state index contributed by atoms with van der Waals surface area (Å²) in [5.74, 6) is 0. The Labute approximate surface area is 297 Å². The molecule has 2 aliphatic carbocycles. The van der Waals surface area contributed by atoms with Crippen molar-refractivity contribution in [3.05, 3.63) is 216 Å². The summed E-state index contributed by atoms with van der Waals surface area (Å²) in [7, 11) is 0. The summed E-state index contributed by atoms with van der Waals surface area (Å²) >= 11 is 0. The van der Waals surface area contributed by atoms with E-state index < -0.39 is 5.41 Å². The van der Waals surface area contributed by atoms with Crippen LogP contribution >= 0.6 is 0 Å². The molecule has 11 rings (SSSR count). The van der Waals surface area contributed by atoms with Crippen LogP contribution in [0.3, 0.4) is 0 Å². The molecular formula is C51H32. The zero-order chi connectivity index (χ0) is 33.5. The van der Waals surface area contributed by atoms with Crippen molar-refractivity contribution in [2.75, 3.05) is 0 Å². The predicted molar refractivity (Wildman–Crippen MR) is 214 cm³/mol. The molecule has 9 aromatic rings. The zero-order valence-electron chi connectivity index (χ0n) is 28.0. The third kappa shape index (κ3) is 3.96. The Morgan fingerprint density at radius 1 is 0.255 bits per heavy atom. The third-order valence-corrected chi connectivity index (χ3v) is 11.4. The molecule has 0 amide bonds. The number of hydrogen-bond acceptors (Lipinski definition) is 0. The van der Waals surface area contributed by atoms with Gasteiger partial charge in [0.2, 0.25) is 0 Å². The molecule has 2 aliphatic rings. The Kier molecular flexibility index (Phi) is 5.97. The maximum atomic E-state index is 2.41. The molecule has 0 N–H and O–H groups in total. The molecule has 0 heteroatoms. The summed E-state index contributed by atoms with van der Waals surface area (Å²) in [4.78, 5) is 0. The van der Waals surface area contributed by atoms with E-state index in [9.17, 15) is 0 Å². The average Bonchev–Trinajstić information content (AvgIpc) is 3.68. The first kappa shape index (κ1) is 28.3. The number of rotatable bonds is 3. The molecule has 236 valence electrons. The summed E-state index contributed by atoms with van der Waals surface area (Å²) in [6.07, 6.45) is 0. The van der Waals surface area contributed by atoms with Gasteiger partial charge in [0, 0.05) is 0 Å². The van der Waals surface area contributed by atoms with Crippen molar-refractivity contribution in [2.24, 2.45) is 0 Å². The zero-order valence-corrected chi connectivity index (χ0v) is 28.0. The van der Waals surface area contributed by atoms with E-state index in [1.807, 2.05) is 0 Å². The van der Waals surface area contributed by atoms with Gasteiger partial charge in [-0.25, -0.2) is 0 Å². The van der Waals surface area contributed by atoms with Crippen molar-refractivity contribution in [1.29, 1.82) is 0 Å². The second-order valence-electron chi connectivity index (χ2n) is 14.0. The second-order valence-corrected chi connectivity index (χ2v) is 14.0. The van der Waals surface area contributed by atoms with Crippen LogP contribution in [0.4, 0.5) is 0 Å². The van der Waals surface area contributed by atoms with E-state index in [4.69, 9.17) is 0 Å². The van der Waals surface area contributed by atoms with E-state index in [0.717, 1.165) is 0 Å². The van der Waals surface area contributed by atoms with E-state index in [1.165, 1.54) is 99.4 Å². The number of benzene rings is 9. The standard InChI is InChI=1S/C51H32/c1-2-13-33(14-3-1)38-30-39(37-26-25-34-15-4-5-17-36(34)29-37)32-40(31-38)42-21-12-24-47-50(42)44-20-9-11-23-46(44)51(47)45-22-10-8-19-43(45)49-41-18-7-6-16-35(41)27-28-48(49)51/h1-32H. The van der Waals surface area contributed by atoms with Gasteiger partial charge in [-0.3, -0.25) is 0 Å². The molecule has 9 aromatic carbocycles. The highest BCUT2D eigenvalue weighted by Gasteiger charge is 2.52. The van der Waals surface area contributed by atoms with E-state index in [0.29, 0.717) is 0 Å². The molecule has 0 heterocycles. The summed E-state index contributed by atoms with van der Waals surface area (Å²) < 4.78 is 0. The van der Waals surface area contributed by atoms with Crippen LogP contribution in [-0.2, 0) is 5.41 Å². The van der Waals surface area contributed by atoms with Gasteiger partial charge in [-0.1, -0.05) is 170 Å². The minimum Gasteiger partial charge on any atom is -0.0622 e. The highest BCUT2D eigenvalue weighted by molar-refractivity contribution is 6.07. The minimum atomic E-state index is -0.407. The van der Waals surface area contributed by atoms with E-state index in [1.54, 1.807) is 0 Å². The fourth-order valence-electron chi connectivity index (χ4n) is 9.31. The predicted octanol–water partition coefficient (Wildman–Crippen LogP) is 13.3. The van der Waals surface area contributed by atoms with Gasteiger partial charge in [-0.15, -0.1) is 0 Å². The molecule has 0 bridgehead atoms. The lowest BCUT2D eigenvalue weighted by molar-refractivity contribution is 0.794. The van der Waals surface area contributed by atoms with Gasteiger partial charge in [0.1, 0.15) is 0 Å². The molecule has 0 fully saturated rings. The average molecular weight is 645 g/mol. The molecule has 1 unspecified atom stereocenters. The van der Waals surface area contributed by atoms with Crippen molar-refractivity contribution < 1.29 is 0 Å². The van der Waals surface area contributed by atoms with Crippen LogP contribution in [0.2, 0.25) is 0 Å². The van der Waals surface area contributed by atoms with Gasteiger partial charge in [0.25, 0.3) is 0 Å². The Morgan fingerprint density at radius 3 is 1.61 bits per heavy atom. The smallest absolute Gasteiger partial charge is 0.0622 e. The fraction of sp³-hybridized carbons (Fsp3) is 0.0196. The van der Waals surface area contributed by atoms with Crippen LogP contribution in [-0.4, -0.2) is 0 Å². The summed E-state index contributed by atoms with van der Waals surface area (Å²) in [5, 5.41) is 5.11. The van der Waals surface area contributed by atoms with Crippen LogP contribution in [0.5, 0.6) is 0 Å². The molecule has 0 aliphatic heterocycles. The minimum absolute atomic E-state index is 0.407. The van der Waals surface area contributed by atoms with E-state index in [2.05, 4.69) is 194 Å². The lowest BCUT2D eigenvalue weighted by Crippen LogP contribution is -2.25. The molecule has 0 saturated carbocycles. The summed E-state index contributed by atoms with van der Waals surface area (Å²) in [6, 6.07) is 72.4. The van der Waals surface area contributed by atoms with E-state index >= 15 is 0 Å². The quantitative estimate of drug-likeness (QED) is 0.180. The summed E-state index contributed by atoms with van der Waals surface area (Å²) in [5.41, 5.74) is 17.8. The van der Waals surface area contributed by atoms with Gasteiger partial charge in [0.05, 0.1) is 5.41 Å². The Bertz CT molecular complexity index is 2860. The van der Waals surface area contributed by atoms with Crippen LogP contribution in [0.25, 0.3) is 77.2 Å². The maximum Gasteiger partial charge on any atom is 0.0725 e. The van der Waals surface area contributed by atoms with Crippen molar-refractivity contribution in [1.82, 2.24) is 0 Å². The Morgan fingerprint density at radius 2 is 0.804 bits per heavy atom. The molecule has 0 aromatic heterocycles. The topological polar surface area (TPSA) is 0 Å². The molecule has 51 heavy (non-hydrogen) atoms. The number of fused-ring (bicyclic) bond motifs is 13. The van der Waals surface area contributed by atoms with Gasteiger partial charge < -0.3 is 0 Å². The van der Waals surface area contributed by atoms with E-state index in [-0.39, 0.29) is 0 Å². The molecule has 1 atom stereocenters. The van der Waals surface area contributed by atoms with Gasteiger partial charge in [-0.05, 0) is 124 Å². The fourth-order valence-corrected chi connectivity index (χ4v) is 9.31. The van der Waals surface area contributed by atoms with Gasteiger partial charge >= 0.3 is 0 Å². The Balaban J connectivity index is 1.21. The largest absolute Gasteiger partial charge is 0.0725 e. The van der Waals surface area contributed by atoms with Crippen molar-refractivity contribution in [3.63, 3.8) is 0 Å². The molecule has 0 radical (unpaired) electrons. The summed E-state index contributed by atoms with van der Waals surface area (Å²) in [6.45, 7) is 0. The molecular weight excluding hydrogens is 613 g/mol. The van der Waals surface area contributed by atoms with Crippen molar-refractivity contribution >= 4 is 21.5 Å². The van der Waals surface area contributed by atoms with Gasteiger partial charge in [0.15, 0.2) is 0 Å². The lowest BCUT2D eigenvalue weighted by Gasteiger charge is -2.30. The van der Waals surface area contributed by atoms with Crippen LogP contribution < -0.4 is 0 Å². The normalized spacial score (nSPS) is 15.1. The first-order valence-electron chi connectivity index (χ1n) is 17.8. The monoisotopic (exact) mass is 644 g/mol. The first-order valence-corrected chi connectivity index (χ1v) is 17.8. The van der Waals surface area contributed by atoms with Crippen LogP contribution in [0, 0.1) is 0 Å². The highest BCUT2D eigenvalue weighted by Crippen LogP contribution is 2.64. The first-order chi connectivity index (χ1) is 25.3. The third-order valence-electron chi connectivity index (χ3n) is 11.4. The Hall–Kier alpha value is -6.50. The molecule has 0 nitrogen and oxygen atoms in total. The molecule has 0 saturated heterocycles. The highest BCUT2D eigenvalue weighted by atomic mass is 14.5. The van der Waals surface area contributed by atoms with Crippen molar-refractivity contribution in [3.8, 4) is 55.6 Å². The maximum absolute atomic E-state index is 2.41. The second kappa shape index (κ2) is 10.7. The SMILES string of the molecule is c1ccc(-c2cc(-c3ccc4ccccc4c3)cc(-c3cccc4c3-c3ccccc3C43c4ccccc4-c4c3ccc3ccccc43)c2)cc1. The lowest BCUT2D eigenvalue weighted by atomic mass is 9.70. The van der Waals surface area contributed by atoms with Crippen LogP contribution in [0.1, 0.15) is 22.3 Å². The molecule has 1 spiro atoms. The number of hydrogen-bond donors (Lipinski definition) is 0.